The molecule has 5 nitrogen and oxygen atoms in total. The fourth-order valence-electron chi connectivity index (χ4n) is 4.62. The summed E-state index contributed by atoms with van der Waals surface area (Å²) in [5.41, 5.74) is 6.43. The molecule has 1 spiro atoms. The number of rotatable bonds is 6. The molecule has 3 fully saturated rings. The highest BCUT2D eigenvalue weighted by Crippen LogP contribution is 2.60. The van der Waals surface area contributed by atoms with E-state index < -0.39 is 0 Å². The molecule has 1 heterocycles. The number of aliphatic imine (C=N–C) groups is 1. The monoisotopic (exact) mass is 295 g/mol. The van der Waals surface area contributed by atoms with Crippen molar-refractivity contribution >= 4 is 5.96 Å². The molecule has 5 heteroatoms. The van der Waals surface area contributed by atoms with Gasteiger partial charge in [0.05, 0.1) is 6.10 Å². The fourth-order valence-corrected chi connectivity index (χ4v) is 4.62. The quantitative estimate of drug-likeness (QED) is 0.444. The molecule has 21 heavy (non-hydrogen) atoms. The van der Waals surface area contributed by atoms with Crippen molar-refractivity contribution in [3.8, 4) is 0 Å². The summed E-state index contributed by atoms with van der Waals surface area (Å²) in [7, 11) is 0. The zero-order chi connectivity index (χ0) is 14.7. The third-order valence-corrected chi connectivity index (χ3v) is 5.52. The van der Waals surface area contributed by atoms with Crippen LogP contribution in [0.3, 0.4) is 0 Å². The molecule has 0 amide bonds. The Morgan fingerprint density at radius 1 is 1.43 bits per heavy atom. The van der Waals surface area contributed by atoms with Gasteiger partial charge in [0.15, 0.2) is 5.96 Å². The second-order valence-electron chi connectivity index (χ2n) is 6.62. The lowest BCUT2D eigenvalue weighted by molar-refractivity contribution is -0.124. The topological polar surface area (TPSA) is 68.9 Å². The molecule has 3 aliphatic rings. The summed E-state index contributed by atoms with van der Waals surface area (Å²) < 4.78 is 11.3. The third kappa shape index (κ3) is 2.78. The lowest BCUT2D eigenvalue weighted by Crippen LogP contribution is -2.69. The number of nitrogens with one attached hydrogen (secondary N) is 1. The number of nitrogens with two attached hydrogens (primary N) is 1. The van der Waals surface area contributed by atoms with E-state index in [0.29, 0.717) is 29.4 Å². The van der Waals surface area contributed by atoms with Crippen molar-refractivity contribution in [2.75, 3.05) is 26.4 Å². The Labute approximate surface area is 127 Å². The zero-order valence-corrected chi connectivity index (χ0v) is 13.1. The normalized spacial score (nSPS) is 34.0. The van der Waals surface area contributed by atoms with Gasteiger partial charge in [0.1, 0.15) is 0 Å². The van der Waals surface area contributed by atoms with Crippen molar-refractivity contribution in [2.24, 2.45) is 22.1 Å². The number of hydrogen-bond acceptors (Lipinski definition) is 3. The summed E-state index contributed by atoms with van der Waals surface area (Å²) in [4.78, 5) is 4.45. The number of nitrogens with zero attached hydrogens (tertiary/aromatic N) is 1. The maximum atomic E-state index is 6.09. The molecule has 0 aromatic heterocycles. The summed E-state index contributed by atoms with van der Waals surface area (Å²) in [6.45, 7) is 5.20. The van der Waals surface area contributed by atoms with Gasteiger partial charge in [0, 0.05) is 43.7 Å². The van der Waals surface area contributed by atoms with Gasteiger partial charge in [-0.3, -0.25) is 4.99 Å². The Bertz CT molecular complexity index is 380. The minimum Gasteiger partial charge on any atom is -0.382 e. The smallest absolute Gasteiger partial charge is 0.188 e. The predicted octanol–water partition coefficient (Wildman–Crippen LogP) is 1.66. The lowest BCUT2D eigenvalue weighted by atomic mass is 9.54. The molecular weight excluding hydrogens is 266 g/mol. The van der Waals surface area contributed by atoms with Crippen molar-refractivity contribution in [3.63, 3.8) is 0 Å². The van der Waals surface area contributed by atoms with Crippen LogP contribution in [0.2, 0.25) is 0 Å². The summed E-state index contributed by atoms with van der Waals surface area (Å²) in [5.74, 6) is 1.24. The summed E-state index contributed by atoms with van der Waals surface area (Å²) in [6.07, 6.45) is 7.80. The molecule has 3 unspecified atom stereocenters. The first kappa shape index (κ1) is 15.1. The van der Waals surface area contributed by atoms with Crippen LogP contribution in [0.15, 0.2) is 4.99 Å². The van der Waals surface area contributed by atoms with Crippen LogP contribution in [0.1, 0.15) is 45.4 Å². The van der Waals surface area contributed by atoms with Gasteiger partial charge in [-0.25, -0.2) is 0 Å². The number of ether oxygens (including phenoxy) is 2. The molecule has 0 radical (unpaired) electrons. The van der Waals surface area contributed by atoms with Gasteiger partial charge >= 0.3 is 0 Å². The van der Waals surface area contributed by atoms with Crippen LogP contribution in [0.25, 0.3) is 0 Å². The highest BCUT2D eigenvalue weighted by atomic mass is 16.5. The molecule has 3 atom stereocenters. The van der Waals surface area contributed by atoms with Crippen LogP contribution in [0.5, 0.6) is 0 Å². The summed E-state index contributed by atoms with van der Waals surface area (Å²) in [5, 5.41) is 3.52. The van der Waals surface area contributed by atoms with Gasteiger partial charge in [0.2, 0.25) is 0 Å². The first-order valence-electron chi connectivity index (χ1n) is 8.54. The van der Waals surface area contributed by atoms with E-state index in [4.69, 9.17) is 15.2 Å². The average molecular weight is 295 g/mol. The van der Waals surface area contributed by atoms with Crippen LogP contribution < -0.4 is 11.1 Å². The minimum atomic E-state index is 0.340. The van der Waals surface area contributed by atoms with E-state index in [9.17, 15) is 0 Å². The maximum Gasteiger partial charge on any atom is 0.188 e. The Morgan fingerprint density at radius 3 is 3.00 bits per heavy atom. The highest BCUT2D eigenvalue weighted by Gasteiger charge is 2.64. The van der Waals surface area contributed by atoms with Crippen LogP contribution >= 0.6 is 0 Å². The molecule has 2 aliphatic carbocycles. The summed E-state index contributed by atoms with van der Waals surface area (Å²) >= 11 is 0. The van der Waals surface area contributed by atoms with Gasteiger partial charge in [-0.15, -0.1) is 0 Å². The van der Waals surface area contributed by atoms with Gasteiger partial charge in [-0.05, 0) is 32.6 Å². The first-order valence-corrected chi connectivity index (χ1v) is 8.54. The molecule has 3 N–H and O–H groups in total. The molecule has 0 bridgehead atoms. The van der Waals surface area contributed by atoms with Crippen molar-refractivity contribution in [3.05, 3.63) is 0 Å². The van der Waals surface area contributed by atoms with Crippen LogP contribution in [-0.2, 0) is 9.47 Å². The van der Waals surface area contributed by atoms with Gasteiger partial charge < -0.3 is 20.5 Å². The minimum absolute atomic E-state index is 0.340. The number of fused-ring (bicyclic) bond motifs is 2. The van der Waals surface area contributed by atoms with Gasteiger partial charge in [0.25, 0.3) is 0 Å². The Kier molecular flexibility index (Phi) is 4.69. The molecule has 3 rings (SSSR count). The van der Waals surface area contributed by atoms with Crippen molar-refractivity contribution < 1.29 is 9.47 Å². The standard InChI is InChI=1S/C16H29N3O2/c1-2-20-10-5-9-18-15(17)19-13-12-6-11-21-14(12)16(13)7-3-4-8-16/h12-14H,2-11H2,1H3,(H3,17,18,19). The largest absolute Gasteiger partial charge is 0.382 e. The molecule has 1 saturated heterocycles. The van der Waals surface area contributed by atoms with E-state index in [1.165, 1.54) is 32.1 Å². The second kappa shape index (κ2) is 6.53. The lowest BCUT2D eigenvalue weighted by Gasteiger charge is -2.57. The van der Waals surface area contributed by atoms with Crippen LogP contribution in [-0.4, -0.2) is 44.5 Å². The van der Waals surface area contributed by atoms with Crippen molar-refractivity contribution in [1.29, 1.82) is 0 Å². The average Bonchev–Trinajstić information content (AvgIpc) is 3.13. The molecular formula is C16H29N3O2. The molecule has 120 valence electrons. The zero-order valence-electron chi connectivity index (χ0n) is 13.1. The molecule has 2 saturated carbocycles. The van der Waals surface area contributed by atoms with Crippen LogP contribution in [0, 0.1) is 11.3 Å². The van der Waals surface area contributed by atoms with Gasteiger partial charge in [-0.1, -0.05) is 12.8 Å². The fraction of sp³-hybridized carbons (Fsp3) is 0.938. The number of guanidine groups is 1. The Hall–Kier alpha value is -0.810. The van der Waals surface area contributed by atoms with E-state index in [1.54, 1.807) is 0 Å². The number of hydrogen-bond donors (Lipinski definition) is 2. The third-order valence-electron chi connectivity index (χ3n) is 5.52. The second-order valence-corrected chi connectivity index (χ2v) is 6.62. The van der Waals surface area contributed by atoms with E-state index in [-0.39, 0.29) is 0 Å². The van der Waals surface area contributed by atoms with Gasteiger partial charge in [-0.2, -0.15) is 0 Å². The Balaban J connectivity index is 1.52. The van der Waals surface area contributed by atoms with Crippen LogP contribution in [0.4, 0.5) is 0 Å². The molecule has 0 aromatic carbocycles. The van der Waals surface area contributed by atoms with E-state index >= 15 is 0 Å². The SMILES string of the molecule is CCOCCCN=C(N)NC1C2CCOC2C12CCCC2. The first-order chi connectivity index (χ1) is 10.3. The predicted molar refractivity (Wildman–Crippen MR) is 83.3 cm³/mol. The molecule has 1 aliphatic heterocycles. The van der Waals surface area contributed by atoms with E-state index in [2.05, 4.69) is 10.3 Å². The molecule has 0 aromatic rings. The van der Waals surface area contributed by atoms with E-state index in [1.807, 2.05) is 6.92 Å². The highest BCUT2D eigenvalue weighted by molar-refractivity contribution is 5.78. The summed E-state index contributed by atoms with van der Waals surface area (Å²) in [6, 6.07) is 0.475. The maximum absolute atomic E-state index is 6.09. The van der Waals surface area contributed by atoms with Crippen molar-refractivity contribution in [1.82, 2.24) is 5.32 Å². The van der Waals surface area contributed by atoms with E-state index in [0.717, 1.165) is 32.8 Å². The van der Waals surface area contributed by atoms with Crippen molar-refractivity contribution in [2.45, 2.75) is 57.6 Å². The Morgan fingerprint density at radius 2 is 2.24 bits per heavy atom.